The zero-order valence-corrected chi connectivity index (χ0v) is 13.8. The van der Waals surface area contributed by atoms with Crippen LogP contribution in [-0.2, 0) is 12.1 Å². The SMILES string of the molecule is CCC(F)(F)c1nc2ccc(C(F)(F)F)nc2n1-c1ccc2[nH]ncc2c1. The molecule has 0 bridgehead atoms. The maximum absolute atomic E-state index is 14.5. The molecule has 0 amide bonds. The highest BCUT2D eigenvalue weighted by atomic mass is 19.4. The lowest BCUT2D eigenvalue weighted by atomic mass is 10.2. The summed E-state index contributed by atoms with van der Waals surface area (Å²) in [4.78, 5) is 7.46. The third kappa shape index (κ3) is 2.81. The van der Waals surface area contributed by atoms with Crippen LogP contribution in [0.3, 0.4) is 0 Å². The Morgan fingerprint density at radius 1 is 1.04 bits per heavy atom. The zero-order valence-electron chi connectivity index (χ0n) is 13.8. The van der Waals surface area contributed by atoms with Gasteiger partial charge in [-0.15, -0.1) is 0 Å². The minimum atomic E-state index is -4.70. The quantitative estimate of drug-likeness (QED) is 0.518. The summed E-state index contributed by atoms with van der Waals surface area (Å²) in [6.45, 7) is 1.28. The molecule has 0 aliphatic carbocycles. The molecule has 4 rings (SSSR count). The number of rotatable bonds is 3. The van der Waals surface area contributed by atoms with Crippen LogP contribution < -0.4 is 0 Å². The smallest absolute Gasteiger partial charge is 0.278 e. The topological polar surface area (TPSA) is 59.4 Å². The summed E-state index contributed by atoms with van der Waals surface area (Å²) in [5.41, 5.74) is -0.613. The number of halogens is 5. The normalized spacial score (nSPS) is 13.0. The fourth-order valence-corrected chi connectivity index (χ4v) is 2.83. The summed E-state index contributed by atoms with van der Waals surface area (Å²) in [6.07, 6.45) is -3.77. The van der Waals surface area contributed by atoms with Gasteiger partial charge in [0.2, 0.25) is 0 Å². The van der Waals surface area contributed by atoms with Crippen molar-refractivity contribution >= 4 is 22.1 Å². The van der Waals surface area contributed by atoms with Crippen molar-refractivity contribution in [2.24, 2.45) is 0 Å². The maximum atomic E-state index is 14.5. The average molecular weight is 381 g/mol. The van der Waals surface area contributed by atoms with Crippen LogP contribution in [0.25, 0.3) is 27.8 Å². The summed E-state index contributed by atoms with van der Waals surface area (Å²) in [5.74, 6) is -4.00. The number of aromatic nitrogens is 5. The molecule has 0 atom stereocenters. The number of aromatic amines is 1. The number of nitrogens with zero attached hydrogens (tertiary/aromatic N) is 4. The maximum Gasteiger partial charge on any atom is 0.433 e. The number of hydrogen-bond donors (Lipinski definition) is 1. The van der Waals surface area contributed by atoms with E-state index >= 15 is 0 Å². The molecule has 1 N–H and O–H groups in total. The van der Waals surface area contributed by atoms with Crippen LogP contribution in [0, 0.1) is 0 Å². The van der Waals surface area contributed by atoms with Gasteiger partial charge in [0.1, 0.15) is 11.2 Å². The number of alkyl halides is 5. The fourth-order valence-electron chi connectivity index (χ4n) is 2.83. The Balaban J connectivity index is 2.06. The molecular weight excluding hydrogens is 369 g/mol. The molecule has 0 saturated heterocycles. The summed E-state index contributed by atoms with van der Waals surface area (Å²) in [6, 6.07) is 6.42. The number of H-pyrrole nitrogens is 1. The molecule has 1 aromatic carbocycles. The summed E-state index contributed by atoms with van der Waals surface area (Å²) in [5, 5.41) is 7.20. The second kappa shape index (κ2) is 5.73. The van der Waals surface area contributed by atoms with E-state index in [4.69, 9.17) is 0 Å². The number of hydrogen-bond acceptors (Lipinski definition) is 3. The second-order valence-corrected chi connectivity index (χ2v) is 6.01. The molecule has 0 spiro atoms. The number of fused-ring (bicyclic) bond motifs is 2. The van der Waals surface area contributed by atoms with Crippen LogP contribution in [0.5, 0.6) is 0 Å². The van der Waals surface area contributed by atoms with E-state index in [-0.39, 0.29) is 16.9 Å². The Labute approximate surface area is 148 Å². The Morgan fingerprint density at radius 2 is 1.81 bits per heavy atom. The number of pyridine rings is 1. The Kier molecular flexibility index (Phi) is 3.69. The van der Waals surface area contributed by atoms with Gasteiger partial charge < -0.3 is 0 Å². The monoisotopic (exact) mass is 381 g/mol. The minimum absolute atomic E-state index is 0.0431. The molecule has 10 heteroatoms. The molecule has 3 aromatic heterocycles. The Morgan fingerprint density at radius 3 is 2.52 bits per heavy atom. The molecule has 140 valence electrons. The van der Waals surface area contributed by atoms with E-state index in [0.717, 1.165) is 16.7 Å². The van der Waals surface area contributed by atoms with E-state index in [1.54, 1.807) is 6.07 Å². The highest BCUT2D eigenvalue weighted by Gasteiger charge is 2.38. The van der Waals surface area contributed by atoms with Gasteiger partial charge in [-0.1, -0.05) is 6.92 Å². The lowest BCUT2D eigenvalue weighted by molar-refractivity contribution is -0.141. The molecule has 0 saturated carbocycles. The van der Waals surface area contributed by atoms with Crippen LogP contribution in [-0.4, -0.2) is 24.7 Å². The van der Waals surface area contributed by atoms with Crippen molar-refractivity contribution in [2.45, 2.75) is 25.4 Å². The van der Waals surface area contributed by atoms with Gasteiger partial charge in [-0.05, 0) is 30.3 Å². The van der Waals surface area contributed by atoms with Gasteiger partial charge in [0.25, 0.3) is 0 Å². The van der Waals surface area contributed by atoms with E-state index in [1.165, 1.54) is 25.3 Å². The van der Waals surface area contributed by atoms with Crippen molar-refractivity contribution in [3.8, 4) is 5.69 Å². The van der Waals surface area contributed by atoms with E-state index in [0.29, 0.717) is 10.9 Å². The van der Waals surface area contributed by atoms with Crippen LogP contribution >= 0.6 is 0 Å². The van der Waals surface area contributed by atoms with E-state index in [2.05, 4.69) is 20.2 Å². The lowest BCUT2D eigenvalue weighted by Crippen LogP contribution is -2.18. The highest BCUT2D eigenvalue weighted by Crippen LogP contribution is 2.36. The van der Waals surface area contributed by atoms with Crippen molar-refractivity contribution in [3.63, 3.8) is 0 Å². The van der Waals surface area contributed by atoms with Gasteiger partial charge in [0.15, 0.2) is 11.5 Å². The van der Waals surface area contributed by atoms with Crippen molar-refractivity contribution in [1.29, 1.82) is 0 Å². The molecule has 0 aliphatic rings. The minimum Gasteiger partial charge on any atom is -0.278 e. The van der Waals surface area contributed by atoms with Crippen LogP contribution in [0.15, 0.2) is 36.5 Å². The first-order valence-electron chi connectivity index (χ1n) is 7.99. The van der Waals surface area contributed by atoms with Crippen molar-refractivity contribution in [1.82, 2.24) is 24.7 Å². The van der Waals surface area contributed by atoms with Gasteiger partial charge >= 0.3 is 12.1 Å². The number of imidazole rings is 1. The number of nitrogens with one attached hydrogen (secondary N) is 1. The Bertz CT molecular complexity index is 1140. The summed E-state index contributed by atoms with van der Waals surface area (Å²) in [7, 11) is 0. The highest BCUT2D eigenvalue weighted by molar-refractivity contribution is 5.82. The van der Waals surface area contributed by atoms with E-state index in [9.17, 15) is 22.0 Å². The first kappa shape index (κ1) is 17.4. The van der Waals surface area contributed by atoms with Gasteiger partial charge in [-0.25, -0.2) is 9.97 Å². The van der Waals surface area contributed by atoms with Crippen molar-refractivity contribution in [3.05, 3.63) is 48.0 Å². The molecule has 0 fully saturated rings. The average Bonchev–Trinajstić information content (AvgIpc) is 3.24. The van der Waals surface area contributed by atoms with Crippen LogP contribution in [0.2, 0.25) is 0 Å². The second-order valence-electron chi connectivity index (χ2n) is 6.01. The summed E-state index contributed by atoms with van der Waals surface area (Å²) >= 11 is 0. The predicted molar refractivity (Wildman–Crippen MR) is 87.7 cm³/mol. The molecule has 0 unspecified atom stereocenters. The van der Waals surface area contributed by atoms with E-state index in [1.807, 2.05) is 0 Å². The molecule has 0 radical (unpaired) electrons. The fraction of sp³-hybridized carbons (Fsp3) is 0.235. The largest absolute Gasteiger partial charge is 0.433 e. The molecule has 3 heterocycles. The van der Waals surface area contributed by atoms with Gasteiger partial charge in [-0.2, -0.15) is 27.1 Å². The third-order valence-corrected chi connectivity index (χ3v) is 4.25. The van der Waals surface area contributed by atoms with Crippen molar-refractivity contribution < 1.29 is 22.0 Å². The van der Waals surface area contributed by atoms with Gasteiger partial charge in [0, 0.05) is 17.5 Å². The molecular formula is C17H12F5N5. The standard InChI is InChI=1S/C17H12F5N5/c1-2-16(18,19)15-24-12-5-6-13(17(20,21)22)25-14(12)27(15)10-3-4-11-9(7-10)8-23-26-11/h3-8H,2H2,1H3,(H,23,26). The molecule has 27 heavy (non-hydrogen) atoms. The van der Waals surface area contributed by atoms with Crippen LogP contribution in [0.1, 0.15) is 24.9 Å². The predicted octanol–water partition coefficient (Wildman–Crippen LogP) is 4.82. The lowest BCUT2D eigenvalue weighted by Gasteiger charge is -2.16. The van der Waals surface area contributed by atoms with Gasteiger partial charge in [0.05, 0.1) is 11.7 Å². The van der Waals surface area contributed by atoms with Crippen LogP contribution in [0.4, 0.5) is 22.0 Å². The first-order chi connectivity index (χ1) is 12.7. The number of benzene rings is 1. The zero-order chi connectivity index (χ0) is 19.4. The molecule has 4 aromatic rings. The molecule has 5 nitrogen and oxygen atoms in total. The third-order valence-electron chi connectivity index (χ3n) is 4.25. The van der Waals surface area contributed by atoms with E-state index < -0.39 is 30.0 Å². The Hall–Kier alpha value is -3.04. The molecule has 0 aliphatic heterocycles. The summed E-state index contributed by atoms with van der Waals surface area (Å²) < 4.78 is 69.2. The van der Waals surface area contributed by atoms with Gasteiger partial charge in [-0.3, -0.25) is 9.67 Å². The first-order valence-corrected chi connectivity index (χ1v) is 7.99. The van der Waals surface area contributed by atoms with Crippen molar-refractivity contribution in [2.75, 3.05) is 0 Å².